The van der Waals surface area contributed by atoms with Crippen molar-refractivity contribution in [2.24, 2.45) is 27.5 Å². The second-order valence-corrected chi connectivity index (χ2v) is 11.0. The first kappa shape index (κ1) is 27.3. The van der Waals surface area contributed by atoms with Crippen LogP contribution in [0.4, 0.5) is 0 Å². The van der Waals surface area contributed by atoms with Crippen molar-refractivity contribution in [3.8, 4) is 5.75 Å². The molecule has 0 saturated heterocycles. The van der Waals surface area contributed by atoms with Gasteiger partial charge in [-0.1, -0.05) is 48.5 Å². The number of carbonyl (C=O) groups excluding carboxylic acids is 1. The first-order valence-corrected chi connectivity index (χ1v) is 13.9. The molecule has 3 aromatic carbocycles. The van der Waals surface area contributed by atoms with Crippen LogP contribution in [0.5, 0.6) is 5.75 Å². The Morgan fingerprint density at radius 2 is 1.74 bits per heavy atom. The van der Waals surface area contributed by atoms with E-state index in [-0.39, 0.29) is 10.5 Å². The minimum absolute atomic E-state index is 0.00591. The highest BCUT2D eigenvalue weighted by Gasteiger charge is 2.49. The molecule has 1 atom stereocenters. The summed E-state index contributed by atoms with van der Waals surface area (Å²) in [4.78, 5) is 33.6. The maximum absolute atomic E-state index is 12.6. The number of amidine groups is 1. The summed E-state index contributed by atoms with van der Waals surface area (Å²) in [6.45, 7) is 0.444. The molecule has 0 bridgehead atoms. The number of benzene rings is 3. The van der Waals surface area contributed by atoms with Gasteiger partial charge in [0.15, 0.2) is 0 Å². The third-order valence-corrected chi connectivity index (χ3v) is 8.52. The average Bonchev–Trinajstić information content (AvgIpc) is 3.33. The Kier molecular flexibility index (Phi) is 7.06. The summed E-state index contributed by atoms with van der Waals surface area (Å²) in [5.41, 5.74) is 8.87. The number of carbonyl (C=O) groups is 2. The van der Waals surface area contributed by atoms with E-state index in [1.807, 2.05) is 60.8 Å². The number of nitrogens with two attached hydrogens (primary N) is 2. The lowest BCUT2D eigenvalue weighted by Gasteiger charge is -2.37. The molecule has 9 heteroatoms. The van der Waals surface area contributed by atoms with Gasteiger partial charge in [-0.2, -0.15) is 10.8 Å². The maximum Gasteiger partial charge on any atom is 0.314 e. The first-order valence-electron chi connectivity index (χ1n) is 13.9. The lowest BCUT2D eigenvalue weighted by atomic mass is 9.66. The molecule has 0 radical (unpaired) electrons. The van der Waals surface area contributed by atoms with E-state index >= 15 is 0 Å². The quantitative estimate of drug-likeness (QED) is 0.267. The zero-order valence-electron chi connectivity index (χ0n) is 23.0. The van der Waals surface area contributed by atoms with Crippen LogP contribution in [-0.4, -0.2) is 33.6 Å². The lowest BCUT2D eigenvalue weighted by molar-refractivity contribution is -0.750. The van der Waals surface area contributed by atoms with Crippen molar-refractivity contribution >= 4 is 23.9 Å². The molecule has 9 nitrogen and oxygen atoms in total. The van der Waals surface area contributed by atoms with Crippen molar-refractivity contribution in [2.75, 3.05) is 0 Å². The third-order valence-electron chi connectivity index (χ3n) is 8.52. The van der Waals surface area contributed by atoms with E-state index in [0.717, 1.165) is 22.5 Å². The summed E-state index contributed by atoms with van der Waals surface area (Å²) in [6.07, 6.45) is 7.29. The van der Waals surface area contributed by atoms with Crippen LogP contribution in [0.15, 0.2) is 113 Å². The molecule has 0 spiro atoms. The van der Waals surface area contributed by atoms with Gasteiger partial charge >= 0.3 is 5.97 Å². The summed E-state index contributed by atoms with van der Waals surface area (Å²) in [6, 6.07) is 24.3. The van der Waals surface area contributed by atoms with Crippen molar-refractivity contribution < 1.29 is 24.0 Å². The van der Waals surface area contributed by atoms with Crippen molar-refractivity contribution in [1.82, 2.24) is 0 Å². The number of amides is 1. The van der Waals surface area contributed by atoms with E-state index in [2.05, 4.69) is 4.99 Å². The van der Waals surface area contributed by atoms with Crippen molar-refractivity contribution in [1.29, 1.82) is 0 Å². The molecule has 1 unspecified atom stereocenters. The van der Waals surface area contributed by atoms with Gasteiger partial charge in [-0.15, -0.1) is 4.59 Å². The number of allylic oxidation sites excluding steroid dienone is 2. The van der Waals surface area contributed by atoms with E-state index in [1.54, 1.807) is 36.7 Å². The number of ether oxygens (including phenoxy) is 1. The van der Waals surface area contributed by atoms with Crippen molar-refractivity contribution in [3.63, 3.8) is 0 Å². The number of primary amides is 1. The molecule has 2 heterocycles. The summed E-state index contributed by atoms with van der Waals surface area (Å²) in [5.74, 6) is 6.94. The van der Waals surface area contributed by atoms with E-state index in [1.165, 1.54) is 0 Å². The van der Waals surface area contributed by atoms with Crippen LogP contribution < -0.4 is 16.3 Å². The Morgan fingerprint density at radius 3 is 2.43 bits per heavy atom. The predicted molar refractivity (Wildman–Crippen MR) is 159 cm³/mol. The molecule has 212 valence electrons. The van der Waals surface area contributed by atoms with Gasteiger partial charge in [-0.05, 0) is 67.1 Å². The van der Waals surface area contributed by atoms with Gasteiger partial charge in [-0.3, -0.25) is 14.6 Å². The fourth-order valence-corrected chi connectivity index (χ4v) is 6.14. The number of hydrogen-bond donors (Lipinski definition) is 3. The van der Waals surface area contributed by atoms with E-state index in [9.17, 15) is 14.7 Å². The zero-order valence-corrected chi connectivity index (χ0v) is 23.0. The fraction of sp³-hybridized carbons (Fsp3) is 0.212. The molecule has 2 aliphatic heterocycles. The van der Waals surface area contributed by atoms with Crippen LogP contribution >= 0.6 is 0 Å². The molecule has 1 aliphatic carbocycles. The average molecular weight is 563 g/mol. The minimum Gasteiger partial charge on any atom is -0.489 e. The van der Waals surface area contributed by atoms with Gasteiger partial charge in [0.05, 0.1) is 23.4 Å². The number of carboxylic acids is 1. The molecular formula is C33H32N5O4+. The summed E-state index contributed by atoms with van der Waals surface area (Å²) in [5, 5.41) is 10.3. The Hall–Kier alpha value is -4.86. The Morgan fingerprint density at radius 1 is 1.00 bits per heavy atom. The van der Waals surface area contributed by atoms with Gasteiger partial charge in [0, 0.05) is 11.5 Å². The van der Waals surface area contributed by atoms with Crippen LogP contribution in [0.25, 0.3) is 0 Å². The number of aliphatic carboxylic acids is 1. The van der Waals surface area contributed by atoms with Gasteiger partial charge < -0.3 is 15.6 Å². The van der Waals surface area contributed by atoms with Gasteiger partial charge in [0.1, 0.15) is 24.3 Å². The fourth-order valence-electron chi connectivity index (χ4n) is 6.14. The Balaban J connectivity index is 1.26. The van der Waals surface area contributed by atoms with Gasteiger partial charge in [0.2, 0.25) is 11.6 Å². The SMILES string of the molecule is NC(=O)c1ccc(C2(C(=O)O)CCC(C3=C4C=NC=C[N+]4(N)C(c4cccc(OCc5ccccc5)c4)=N3)CC2)cc1. The largest absolute Gasteiger partial charge is 0.489 e. The third kappa shape index (κ3) is 4.82. The normalized spacial score (nSPS) is 24.7. The van der Waals surface area contributed by atoms with E-state index in [4.69, 9.17) is 21.3 Å². The number of hydrogen-bond acceptors (Lipinski definition) is 6. The molecule has 3 aliphatic rings. The molecule has 42 heavy (non-hydrogen) atoms. The monoisotopic (exact) mass is 562 g/mol. The molecule has 6 rings (SSSR count). The molecule has 5 N–H and O–H groups in total. The number of aliphatic imine (C=N–C) groups is 2. The van der Waals surface area contributed by atoms with Crippen molar-refractivity contribution in [3.05, 3.63) is 125 Å². The first-order chi connectivity index (χ1) is 20.3. The molecule has 3 aromatic rings. The highest BCUT2D eigenvalue weighted by molar-refractivity contribution is 6.00. The highest BCUT2D eigenvalue weighted by atomic mass is 16.5. The van der Waals surface area contributed by atoms with Crippen molar-refractivity contribution in [2.45, 2.75) is 37.7 Å². The second kappa shape index (κ2) is 10.8. The van der Waals surface area contributed by atoms with Gasteiger partial charge in [0.25, 0.3) is 5.84 Å². The number of nitrogens with zero attached hydrogens (tertiary/aromatic N) is 3. The van der Waals surface area contributed by atoms with Crippen LogP contribution in [0, 0.1) is 5.92 Å². The minimum atomic E-state index is -1.05. The number of rotatable bonds is 8. The predicted octanol–water partition coefficient (Wildman–Crippen LogP) is 4.80. The summed E-state index contributed by atoms with van der Waals surface area (Å²) >= 11 is 0. The van der Waals surface area contributed by atoms with Gasteiger partial charge in [-0.25, -0.2) is 0 Å². The molecule has 1 fully saturated rings. The van der Waals surface area contributed by atoms with Crippen LogP contribution in [0.2, 0.25) is 0 Å². The van der Waals surface area contributed by atoms with Crippen LogP contribution in [0.1, 0.15) is 52.7 Å². The smallest absolute Gasteiger partial charge is 0.314 e. The maximum atomic E-state index is 12.6. The standard InChI is InChI=1S/C33H31N5O4/c34-30(39)24-9-11-26(12-10-24)33(32(40)41)15-13-23(14-16-33)29-28-20-36-17-18-38(28,35)31(37-29)25-7-4-8-27(19-25)42-21-22-5-2-1-3-6-22/h1-12,17-20,23H,13-16,21,35H2,(H2-,34,39,40,41)/p+1. The molecule has 1 saturated carbocycles. The highest BCUT2D eigenvalue weighted by Crippen LogP contribution is 2.47. The topological polar surface area (TPSA) is 140 Å². The second-order valence-electron chi connectivity index (χ2n) is 11.0. The number of quaternary nitrogens is 1. The number of fused-ring (bicyclic) bond motifs is 1. The lowest BCUT2D eigenvalue weighted by Crippen LogP contribution is -2.53. The van der Waals surface area contributed by atoms with E-state index < -0.39 is 17.3 Å². The van der Waals surface area contributed by atoms with Crippen LogP contribution in [0.3, 0.4) is 0 Å². The Labute approximate surface area is 243 Å². The Bertz CT molecular complexity index is 1650. The van der Waals surface area contributed by atoms with Crippen LogP contribution in [-0.2, 0) is 16.8 Å². The molecule has 1 amide bonds. The number of carboxylic acid groups (broad SMARTS) is 1. The van der Waals surface area contributed by atoms with E-state index in [0.29, 0.717) is 55.0 Å². The molecular weight excluding hydrogens is 530 g/mol. The molecule has 0 aromatic heterocycles. The summed E-state index contributed by atoms with van der Waals surface area (Å²) < 4.78 is 5.96. The summed E-state index contributed by atoms with van der Waals surface area (Å²) in [7, 11) is 0. The zero-order chi connectivity index (χ0) is 29.3.